The maximum atomic E-state index is 14.4. The molecule has 3 aliphatic rings. The Morgan fingerprint density at radius 3 is 2.51 bits per heavy atom. The summed E-state index contributed by atoms with van der Waals surface area (Å²) in [6, 6.07) is 8.53. The molecule has 3 heterocycles. The standard InChI is InChI=1S/C30H24F5N5O5/c31-21-3-1-2-19(26(21)32)27-37-23-14-36-40(15-24(23)38-27)29(28(42)43,8-10-44-11-9-41)25-13-22(39-45-25)18-7-6-17(16-4-5-16)12-20(18)30(33,34)35/h1-3,6-7,12-16,41H,4-5,8-11H2,(H,42,43). The number of hydrogen-bond donors (Lipinski definition) is 2. The number of rotatable bonds is 11. The highest BCUT2D eigenvalue weighted by atomic mass is 19.4. The minimum Gasteiger partial charge on any atom is -0.479 e. The van der Waals surface area contributed by atoms with Crippen molar-refractivity contribution in [3.63, 3.8) is 0 Å². The number of carboxylic acids is 1. The summed E-state index contributed by atoms with van der Waals surface area (Å²) in [7, 11) is 0. The fraction of sp³-hybridized carbons (Fsp3) is 0.300. The van der Waals surface area contributed by atoms with E-state index < -0.39 is 34.9 Å². The number of carbonyl (C=O) groups is 1. The Hall–Kier alpha value is -4.76. The average molecular weight is 630 g/mol. The van der Waals surface area contributed by atoms with Gasteiger partial charge in [0.2, 0.25) is 5.54 Å². The molecule has 6 rings (SSSR count). The van der Waals surface area contributed by atoms with Crippen LogP contribution in [0, 0.1) is 11.6 Å². The van der Waals surface area contributed by atoms with Crippen LogP contribution in [0.15, 0.2) is 59.4 Å². The van der Waals surface area contributed by atoms with Crippen LogP contribution in [0.3, 0.4) is 0 Å². The molecule has 0 amide bonds. The summed E-state index contributed by atoms with van der Waals surface area (Å²) >= 11 is 0. The first kappa shape index (κ1) is 30.3. The number of halogens is 5. The van der Waals surface area contributed by atoms with E-state index in [9.17, 15) is 31.9 Å². The average Bonchev–Trinajstić information content (AvgIpc) is 3.59. The van der Waals surface area contributed by atoms with E-state index in [0.29, 0.717) is 5.56 Å². The molecule has 10 nitrogen and oxygen atoms in total. The van der Waals surface area contributed by atoms with Crippen molar-refractivity contribution >= 4 is 5.97 Å². The van der Waals surface area contributed by atoms with Crippen molar-refractivity contribution in [1.82, 2.24) is 24.9 Å². The summed E-state index contributed by atoms with van der Waals surface area (Å²) < 4.78 is 82.4. The molecule has 1 aromatic heterocycles. The smallest absolute Gasteiger partial charge is 0.417 e. The minimum absolute atomic E-state index is 0.0559. The Labute approximate surface area is 251 Å². The van der Waals surface area contributed by atoms with Gasteiger partial charge in [-0.1, -0.05) is 23.4 Å². The van der Waals surface area contributed by atoms with Gasteiger partial charge in [-0.3, -0.25) is 0 Å². The van der Waals surface area contributed by atoms with Crippen LogP contribution in [0.5, 0.6) is 0 Å². The van der Waals surface area contributed by atoms with Gasteiger partial charge in [0.15, 0.2) is 23.2 Å². The molecule has 234 valence electrons. The number of aromatic nitrogens is 5. The summed E-state index contributed by atoms with van der Waals surface area (Å²) in [6.07, 6.45) is -1.15. The third kappa shape index (κ3) is 5.64. The number of ether oxygens (including phenoxy) is 1. The number of aliphatic hydroxyl groups is 1. The molecule has 0 bridgehead atoms. The van der Waals surface area contributed by atoms with Crippen LogP contribution in [0.1, 0.15) is 42.1 Å². The largest absolute Gasteiger partial charge is 0.479 e. The molecule has 1 aliphatic carbocycles. The van der Waals surface area contributed by atoms with Gasteiger partial charge in [-0.15, -0.1) is 0 Å². The van der Waals surface area contributed by atoms with E-state index in [2.05, 4.69) is 20.2 Å². The molecule has 3 aromatic rings. The lowest BCUT2D eigenvalue weighted by atomic mass is 9.91. The molecule has 2 aromatic carbocycles. The van der Waals surface area contributed by atoms with Crippen LogP contribution in [0.25, 0.3) is 34.0 Å². The van der Waals surface area contributed by atoms with Crippen molar-refractivity contribution in [2.24, 2.45) is 0 Å². The SMILES string of the molecule is O=C(O)C(CCOCCO)(c1cc(-c2ccc(C3CC3)cc2C(F)(F)F)no1)n1cc2nc(-c3cccc(F)c3F)nc-2cn1. The topological polar surface area (TPSA) is 136 Å². The highest BCUT2D eigenvalue weighted by Gasteiger charge is 2.48. The molecule has 1 unspecified atom stereocenters. The number of aliphatic hydroxyl groups excluding tert-OH is 1. The molecule has 1 saturated carbocycles. The Kier molecular flexibility index (Phi) is 7.82. The Morgan fingerprint density at radius 1 is 1.02 bits per heavy atom. The van der Waals surface area contributed by atoms with Crippen LogP contribution in [-0.2, 0) is 21.2 Å². The van der Waals surface area contributed by atoms with Crippen molar-refractivity contribution in [2.45, 2.75) is 36.9 Å². The summed E-state index contributed by atoms with van der Waals surface area (Å²) in [6.45, 7) is -0.705. The van der Waals surface area contributed by atoms with Crippen molar-refractivity contribution in [3.05, 3.63) is 83.4 Å². The lowest BCUT2D eigenvalue weighted by Gasteiger charge is -2.28. The third-order valence-electron chi connectivity index (χ3n) is 7.64. The summed E-state index contributed by atoms with van der Waals surface area (Å²) in [5.74, 6) is -4.30. The molecule has 2 N–H and O–H groups in total. The lowest BCUT2D eigenvalue weighted by molar-refractivity contribution is -0.148. The minimum atomic E-state index is -4.72. The van der Waals surface area contributed by atoms with E-state index in [1.54, 1.807) is 6.07 Å². The van der Waals surface area contributed by atoms with E-state index in [1.165, 1.54) is 24.4 Å². The summed E-state index contributed by atoms with van der Waals surface area (Å²) in [4.78, 5) is 21.5. The second-order valence-corrected chi connectivity index (χ2v) is 10.5. The molecule has 2 aliphatic heterocycles. The Bertz CT molecular complexity index is 1840. The normalized spacial score (nSPS) is 15.0. The van der Waals surface area contributed by atoms with Crippen LogP contribution in [-0.4, -0.2) is 60.9 Å². The van der Waals surface area contributed by atoms with Crippen LogP contribution in [0.2, 0.25) is 0 Å². The van der Waals surface area contributed by atoms with E-state index >= 15 is 0 Å². The zero-order valence-corrected chi connectivity index (χ0v) is 23.3. The van der Waals surface area contributed by atoms with Gasteiger partial charge in [-0.05, 0) is 42.5 Å². The molecule has 0 spiro atoms. The first-order valence-electron chi connectivity index (χ1n) is 13.8. The molecular formula is C30H24F5N5O5. The second-order valence-electron chi connectivity index (χ2n) is 10.5. The van der Waals surface area contributed by atoms with E-state index in [-0.39, 0.29) is 72.0 Å². The molecule has 15 heteroatoms. The Morgan fingerprint density at radius 2 is 1.80 bits per heavy atom. The quantitative estimate of drug-likeness (QED) is 0.143. The predicted molar refractivity (Wildman–Crippen MR) is 146 cm³/mol. The summed E-state index contributed by atoms with van der Waals surface area (Å²) in [5, 5.41) is 27.8. The van der Waals surface area contributed by atoms with E-state index in [1.807, 2.05) is 0 Å². The summed E-state index contributed by atoms with van der Waals surface area (Å²) in [5.41, 5.74) is -3.20. The number of benzene rings is 2. The maximum Gasteiger partial charge on any atom is 0.417 e. The number of nitrogens with zero attached hydrogens (tertiary/aromatic N) is 5. The lowest BCUT2D eigenvalue weighted by Crippen LogP contribution is -2.45. The molecule has 0 radical (unpaired) electrons. The van der Waals surface area contributed by atoms with Crippen LogP contribution in [0.4, 0.5) is 22.0 Å². The van der Waals surface area contributed by atoms with Crippen molar-refractivity contribution < 1.29 is 46.2 Å². The number of imidazole rings is 1. The molecule has 1 fully saturated rings. The highest BCUT2D eigenvalue weighted by Crippen LogP contribution is 2.45. The monoisotopic (exact) mass is 629 g/mol. The number of hydrogen-bond acceptors (Lipinski definition) is 8. The van der Waals surface area contributed by atoms with Gasteiger partial charge in [-0.25, -0.2) is 28.2 Å². The van der Waals surface area contributed by atoms with Crippen molar-refractivity contribution in [1.29, 1.82) is 0 Å². The molecular weight excluding hydrogens is 605 g/mol. The van der Waals surface area contributed by atoms with Gasteiger partial charge in [0.25, 0.3) is 0 Å². The number of fused-ring (bicyclic) bond motifs is 1. The second kappa shape index (κ2) is 11.6. The highest BCUT2D eigenvalue weighted by molar-refractivity contribution is 5.81. The predicted octanol–water partition coefficient (Wildman–Crippen LogP) is 5.50. The van der Waals surface area contributed by atoms with Gasteiger partial charge < -0.3 is 19.5 Å². The number of carboxylic acid groups (broad SMARTS) is 1. The van der Waals surface area contributed by atoms with Gasteiger partial charge >= 0.3 is 12.1 Å². The Balaban J connectivity index is 1.46. The fourth-order valence-corrected chi connectivity index (χ4v) is 5.16. The zero-order chi connectivity index (χ0) is 31.9. The third-order valence-corrected chi connectivity index (χ3v) is 7.64. The fourth-order valence-electron chi connectivity index (χ4n) is 5.16. The maximum absolute atomic E-state index is 14.4. The van der Waals surface area contributed by atoms with Crippen molar-refractivity contribution in [2.75, 3.05) is 19.8 Å². The van der Waals surface area contributed by atoms with Gasteiger partial charge in [0.05, 0.1) is 43.3 Å². The molecule has 1 atom stereocenters. The van der Waals surface area contributed by atoms with E-state index in [4.69, 9.17) is 14.4 Å². The van der Waals surface area contributed by atoms with Crippen molar-refractivity contribution in [3.8, 4) is 34.0 Å². The zero-order valence-electron chi connectivity index (χ0n) is 23.3. The first-order valence-corrected chi connectivity index (χ1v) is 13.8. The number of alkyl halides is 3. The van der Waals surface area contributed by atoms with Crippen LogP contribution < -0.4 is 0 Å². The van der Waals surface area contributed by atoms with Gasteiger partial charge in [0.1, 0.15) is 17.1 Å². The molecule has 45 heavy (non-hydrogen) atoms. The van der Waals surface area contributed by atoms with Gasteiger partial charge in [0, 0.05) is 18.1 Å². The van der Waals surface area contributed by atoms with E-state index in [0.717, 1.165) is 41.9 Å². The first-order chi connectivity index (χ1) is 21.5. The van der Waals surface area contributed by atoms with Gasteiger partial charge in [-0.2, -0.15) is 18.3 Å². The number of aliphatic carboxylic acids is 1. The molecule has 0 saturated heterocycles. The van der Waals surface area contributed by atoms with Crippen LogP contribution >= 0.6 is 0 Å².